The predicted octanol–water partition coefficient (Wildman–Crippen LogP) is 3.60. The number of methoxy groups -OCH3 is 1. The normalized spacial score (nSPS) is 19.9. The van der Waals surface area contributed by atoms with Crippen LogP contribution in [0.25, 0.3) is 21.5 Å². The van der Waals surface area contributed by atoms with Crippen LogP contribution in [0.5, 0.6) is 0 Å². The van der Waals surface area contributed by atoms with Crippen molar-refractivity contribution in [2.75, 3.05) is 12.4 Å². The van der Waals surface area contributed by atoms with Gasteiger partial charge in [0.25, 0.3) is 0 Å². The molecule has 27 heavy (non-hydrogen) atoms. The number of ether oxygens (including phenoxy) is 1. The summed E-state index contributed by atoms with van der Waals surface area (Å²) in [6.07, 6.45) is 5.50. The molecular weight excluding hydrogens is 362 g/mol. The number of aryl methyl sites for hydroxylation is 1. The minimum atomic E-state index is -0.0141. The second-order valence-corrected chi connectivity index (χ2v) is 7.97. The molecule has 3 aromatic rings. The van der Waals surface area contributed by atoms with Crippen molar-refractivity contribution < 1.29 is 9.53 Å². The minimum Gasteiger partial charge on any atom is -0.381 e. The molecule has 4 rings (SSSR count). The molecule has 0 radical (unpaired) electrons. The Labute approximate surface area is 161 Å². The van der Waals surface area contributed by atoms with E-state index in [0.29, 0.717) is 5.95 Å². The lowest BCUT2D eigenvalue weighted by Gasteiger charge is -2.26. The van der Waals surface area contributed by atoms with Crippen LogP contribution in [-0.2, 0) is 9.53 Å². The van der Waals surface area contributed by atoms with E-state index in [1.54, 1.807) is 13.3 Å². The summed E-state index contributed by atoms with van der Waals surface area (Å²) in [4.78, 5) is 21.4. The Morgan fingerprint density at radius 3 is 2.74 bits per heavy atom. The number of amides is 1. The van der Waals surface area contributed by atoms with Gasteiger partial charge in [0.15, 0.2) is 0 Å². The van der Waals surface area contributed by atoms with Crippen molar-refractivity contribution in [2.24, 2.45) is 5.92 Å². The maximum Gasteiger partial charge on any atom is 0.229 e. The van der Waals surface area contributed by atoms with Gasteiger partial charge in [-0.3, -0.25) is 10.1 Å². The Morgan fingerprint density at radius 1 is 1.22 bits per heavy atom. The molecule has 0 unspecified atom stereocenters. The molecule has 1 aromatic carbocycles. The van der Waals surface area contributed by atoms with Crippen LogP contribution in [-0.4, -0.2) is 39.3 Å². The molecule has 0 bridgehead atoms. The monoisotopic (exact) mass is 383 g/mol. The molecule has 140 valence electrons. The molecule has 0 atom stereocenters. The maximum atomic E-state index is 12.5. The number of hydrogen-bond acceptors (Lipinski definition) is 7. The van der Waals surface area contributed by atoms with Gasteiger partial charge in [0.05, 0.1) is 11.6 Å². The first-order valence-corrected chi connectivity index (χ1v) is 9.85. The van der Waals surface area contributed by atoms with E-state index < -0.39 is 0 Å². The van der Waals surface area contributed by atoms with E-state index in [4.69, 9.17) is 4.74 Å². The van der Waals surface area contributed by atoms with Gasteiger partial charge in [0, 0.05) is 30.2 Å². The summed E-state index contributed by atoms with van der Waals surface area (Å²) in [5, 5.41) is 13.8. The standard InChI is InChI=1S/C19H21N5O2S/c1-11-23-24-18(27-11)13-3-4-14-10-20-19(21-16(14)9-13)22-17(25)12-5-7-15(26-2)8-6-12/h3-4,9-10,12,15H,5-8H2,1-2H3,(H,20,21,22,25). The molecule has 1 saturated carbocycles. The number of benzene rings is 1. The summed E-state index contributed by atoms with van der Waals surface area (Å²) >= 11 is 1.54. The molecule has 0 saturated heterocycles. The fraction of sp³-hybridized carbons (Fsp3) is 0.421. The van der Waals surface area contributed by atoms with Gasteiger partial charge < -0.3 is 4.74 Å². The fourth-order valence-electron chi connectivity index (χ4n) is 3.40. The fourth-order valence-corrected chi connectivity index (χ4v) is 4.09. The largest absolute Gasteiger partial charge is 0.381 e. The molecule has 1 aliphatic rings. The van der Waals surface area contributed by atoms with Crippen LogP contribution < -0.4 is 5.32 Å². The molecule has 1 N–H and O–H groups in total. The molecule has 1 amide bonds. The smallest absolute Gasteiger partial charge is 0.229 e. The zero-order valence-corrected chi connectivity index (χ0v) is 16.1. The second-order valence-electron chi connectivity index (χ2n) is 6.79. The zero-order valence-electron chi connectivity index (χ0n) is 15.3. The third kappa shape index (κ3) is 3.96. The number of hydrogen-bond donors (Lipinski definition) is 1. The lowest BCUT2D eigenvalue weighted by atomic mass is 9.87. The topological polar surface area (TPSA) is 89.9 Å². The highest BCUT2D eigenvalue weighted by Crippen LogP contribution is 2.28. The first-order valence-electron chi connectivity index (χ1n) is 9.03. The van der Waals surface area contributed by atoms with E-state index in [1.165, 1.54) is 11.3 Å². The number of carbonyl (C=O) groups is 1. The first kappa shape index (κ1) is 17.9. The highest BCUT2D eigenvalue weighted by molar-refractivity contribution is 7.14. The van der Waals surface area contributed by atoms with Crippen molar-refractivity contribution in [1.82, 2.24) is 20.2 Å². The van der Waals surface area contributed by atoms with E-state index in [1.807, 2.05) is 25.1 Å². The van der Waals surface area contributed by atoms with Gasteiger partial charge in [0.1, 0.15) is 10.0 Å². The van der Waals surface area contributed by atoms with E-state index >= 15 is 0 Å². The third-order valence-electron chi connectivity index (χ3n) is 4.97. The van der Waals surface area contributed by atoms with Crippen LogP contribution in [0.1, 0.15) is 30.7 Å². The minimum absolute atomic E-state index is 0.00796. The summed E-state index contributed by atoms with van der Waals surface area (Å²) < 4.78 is 5.37. The zero-order chi connectivity index (χ0) is 18.8. The average molecular weight is 383 g/mol. The quantitative estimate of drug-likeness (QED) is 0.740. The molecular formula is C19H21N5O2S. The summed E-state index contributed by atoms with van der Waals surface area (Å²) in [6.45, 7) is 1.93. The van der Waals surface area contributed by atoms with E-state index in [0.717, 1.165) is 52.2 Å². The van der Waals surface area contributed by atoms with Crippen molar-refractivity contribution in [1.29, 1.82) is 0 Å². The van der Waals surface area contributed by atoms with E-state index in [2.05, 4.69) is 25.5 Å². The van der Waals surface area contributed by atoms with Crippen LogP contribution in [0, 0.1) is 12.8 Å². The van der Waals surface area contributed by atoms with Gasteiger partial charge in [-0.25, -0.2) is 9.97 Å². The highest BCUT2D eigenvalue weighted by atomic mass is 32.1. The Balaban J connectivity index is 1.51. The number of nitrogens with zero attached hydrogens (tertiary/aromatic N) is 4. The average Bonchev–Trinajstić information content (AvgIpc) is 3.14. The van der Waals surface area contributed by atoms with Crippen LogP contribution >= 0.6 is 11.3 Å². The van der Waals surface area contributed by atoms with Crippen molar-refractivity contribution in [3.63, 3.8) is 0 Å². The molecule has 8 heteroatoms. The molecule has 0 spiro atoms. The van der Waals surface area contributed by atoms with Crippen LogP contribution in [0.3, 0.4) is 0 Å². The lowest BCUT2D eigenvalue weighted by Crippen LogP contribution is -2.30. The van der Waals surface area contributed by atoms with Crippen LogP contribution in [0.4, 0.5) is 5.95 Å². The molecule has 1 aliphatic carbocycles. The van der Waals surface area contributed by atoms with Crippen molar-refractivity contribution in [3.05, 3.63) is 29.4 Å². The van der Waals surface area contributed by atoms with E-state index in [9.17, 15) is 4.79 Å². The summed E-state index contributed by atoms with van der Waals surface area (Å²) in [7, 11) is 1.73. The molecule has 0 aliphatic heterocycles. The summed E-state index contributed by atoms with van der Waals surface area (Å²) in [5.74, 6) is 0.318. The van der Waals surface area contributed by atoms with Gasteiger partial charge in [-0.05, 0) is 38.7 Å². The van der Waals surface area contributed by atoms with Gasteiger partial charge in [-0.15, -0.1) is 10.2 Å². The SMILES string of the molecule is COC1CCC(C(=O)Nc2ncc3ccc(-c4nnc(C)s4)cc3n2)CC1. The Morgan fingerprint density at radius 2 is 2.04 bits per heavy atom. The molecule has 2 aromatic heterocycles. The molecule has 1 fully saturated rings. The Bertz CT molecular complexity index is 966. The van der Waals surface area contributed by atoms with Crippen LogP contribution in [0.2, 0.25) is 0 Å². The van der Waals surface area contributed by atoms with Crippen molar-refractivity contribution in [2.45, 2.75) is 38.7 Å². The summed E-state index contributed by atoms with van der Waals surface area (Å²) in [5.41, 5.74) is 1.73. The van der Waals surface area contributed by atoms with Crippen molar-refractivity contribution >= 4 is 34.1 Å². The maximum absolute atomic E-state index is 12.5. The van der Waals surface area contributed by atoms with Gasteiger partial charge in [-0.2, -0.15) is 0 Å². The molecule has 7 nitrogen and oxygen atoms in total. The number of nitrogens with one attached hydrogen (secondary N) is 1. The Hall–Kier alpha value is -2.45. The van der Waals surface area contributed by atoms with Gasteiger partial charge in [-0.1, -0.05) is 23.5 Å². The Kier molecular flexibility index (Phi) is 5.09. The third-order valence-corrected chi connectivity index (χ3v) is 5.86. The summed E-state index contributed by atoms with van der Waals surface area (Å²) in [6, 6.07) is 5.90. The number of fused-ring (bicyclic) bond motifs is 1. The second kappa shape index (κ2) is 7.66. The van der Waals surface area contributed by atoms with Gasteiger partial charge >= 0.3 is 0 Å². The van der Waals surface area contributed by atoms with Crippen molar-refractivity contribution in [3.8, 4) is 10.6 Å². The van der Waals surface area contributed by atoms with Crippen LogP contribution in [0.15, 0.2) is 24.4 Å². The van der Waals surface area contributed by atoms with E-state index in [-0.39, 0.29) is 17.9 Å². The number of rotatable bonds is 4. The molecule has 2 heterocycles. The first-order chi connectivity index (χ1) is 13.1. The number of anilines is 1. The lowest BCUT2D eigenvalue weighted by molar-refractivity contribution is -0.121. The predicted molar refractivity (Wildman–Crippen MR) is 105 cm³/mol. The number of aromatic nitrogens is 4. The highest BCUT2D eigenvalue weighted by Gasteiger charge is 2.26. The number of carbonyl (C=O) groups excluding carboxylic acids is 1. The van der Waals surface area contributed by atoms with Gasteiger partial charge in [0.2, 0.25) is 11.9 Å².